The van der Waals surface area contributed by atoms with Crippen LogP contribution in [0.25, 0.3) is 0 Å². The number of methoxy groups -OCH3 is 1. The molecule has 0 saturated heterocycles. The average Bonchev–Trinajstić information content (AvgIpc) is 2.95. The molecule has 0 aromatic heterocycles. The van der Waals surface area contributed by atoms with Crippen molar-refractivity contribution in [2.75, 3.05) is 18.6 Å². The first-order valence-electron chi connectivity index (χ1n) is 8.80. The molecular formula is C21H17ClN2O4. The Bertz CT molecular complexity index is 1030. The molecule has 28 heavy (non-hydrogen) atoms. The lowest BCUT2D eigenvalue weighted by Crippen LogP contribution is -2.37. The van der Waals surface area contributed by atoms with Gasteiger partial charge in [-0.3, -0.25) is 9.59 Å². The van der Waals surface area contributed by atoms with E-state index in [0.717, 1.165) is 16.9 Å². The van der Waals surface area contributed by atoms with Gasteiger partial charge in [0.15, 0.2) is 0 Å². The van der Waals surface area contributed by atoms with E-state index in [1.54, 1.807) is 18.2 Å². The summed E-state index contributed by atoms with van der Waals surface area (Å²) in [5, 5.41) is -0.104. The van der Waals surface area contributed by atoms with Gasteiger partial charge in [-0.15, -0.1) is 0 Å². The molecular weight excluding hydrogens is 380 g/mol. The highest BCUT2D eigenvalue weighted by atomic mass is 35.5. The van der Waals surface area contributed by atoms with Crippen LogP contribution in [0.2, 0.25) is 0 Å². The standard InChI is InChI=1S/C21H17ClN2O4/c1-28-21(27)14-7-4-8-16(11-14)24-19(25)17(22)18(20(24)26)23-10-9-13-5-2-3-6-15(13)12-23/h2-8,11H,9-10,12H2,1H3. The molecule has 0 N–H and O–H groups in total. The normalized spacial score (nSPS) is 16.5. The van der Waals surface area contributed by atoms with Crippen LogP contribution in [0.15, 0.2) is 59.3 Å². The van der Waals surface area contributed by atoms with Crippen molar-refractivity contribution in [3.63, 3.8) is 0 Å². The molecule has 2 aliphatic rings. The fourth-order valence-corrected chi connectivity index (χ4v) is 3.86. The molecule has 0 spiro atoms. The number of nitrogens with zero attached hydrogens (tertiary/aromatic N) is 2. The molecule has 0 saturated carbocycles. The summed E-state index contributed by atoms with van der Waals surface area (Å²) in [6.07, 6.45) is 0.767. The number of fused-ring (bicyclic) bond motifs is 1. The van der Waals surface area contributed by atoms with Crippen molar-refractivity contribution in [1.82, 2.24) is 4.90 Å². The van der Waals surface area contributed by atoms with Crippen LogP contribution >= 0.6 is 11.6 Å². The zero-order valence-electron chi connectivity index (χ0n) is 15.1. The molecule has 0 bridgehead atoms. The van der Waals surface area contributed by atoms with Crippen molar-refractivity contribution < 1.29 is 19.1 Å². The van der Waals surface area contributed by atoms with E-state index in [-0.39, 0.29) is 22.0 Å². The zero-order chi connectivity index (χ0) is 19.8. The van der Waals surface area contributed by atoms with Crippen molar-refractivity contribution in [2.45, 2.75) is 13.0 Å². The van der Waals surface area contributed by atoms with Crippen LogP contribution in [-0.4, -0.2) is 36.3 Å². The van der Waals surface area contributed by atoms with Gasteiger partial charge >= 0.3 is 5.97 Å². The van der Waals surface area contributed by atoms with Gasteiger partial charge in [-0.05, 0) is 35.7 Å². The van der Waals surface area contributed by atoms with E-state index in [2.05, 4.69) is 6.07 Å². The molecule has 2 aliphatic heterocycles. The second-order valence-corrected chi connectivity index (χ2v) is 6.97. The van der Waals surface area contributed by atoms with Crippen molar-refractivity contribution in [3.05, 3.63) is 76.0 Å². The maximum Gasteiger partial charge on any atom is 0.337 e. The Morgan fingerprint density at radius 2 is 1.79 bits per heavy atom. The summed E-state index contributed by atoms with van der Waals surface area (Å²) >= 11 is 6.29. The molecule has 7 heteroatoms. The fraction of sp³-hybridized carbons (Fsp3) is 0.190. The van der Waals surface area contributed by atoms with E-state index in [0.29, 0.717) is 13.1 Å². The summed E-state index contributed by atoms with van der Waals surface area (Å²) < 4.78 is 4.71. The van der Waals surface area contributed by atoms with Gasteiger partial charge in [0, 0.05) is 13.1 Å². The highest BCUT2D eigenvalue weighted by Crippen LogP contribution is 2.34. The van der Waals surface area contributed by atoms with E-state index in [1.165, 1.54) is 18.7 Å². The Kier molecular flexibility index (Phi) is 4.65. The molecule has 0 aliphatic carbocycles. The van der Waals surface area contributed by atoms with Crippen molar-refractivity contribution in [1.29, 1.82) is 0 Å². The Hall–Kier alpha value is -3.12. The van der Waals surface area contributed by atoms with Gasteiger partial charge < -0.3 is 9.64 Å². The first kappa shape index (κ1) is 18.3. The number of carbonyl (C=O) groups excluding carboxylic acids is 3. The highest BCUT2D eigenvalue weighted by Gasteiger charge is 2.42. The molecule has 2 amide bonds. The van der Waals surface area contributed by atoms with Crippen LogP contribution in [0, 0.1) is 0 Å². The van der Waals surface area contributed by atoms with Gasteiger partial charge in [0.05, 0.1) is 18.4 Å². The summed E-state index contributed by atoms with van der Waals surface area (Å²) in [6, 6.07) is 14.2. The monoisotopic (exact) mass is 396 g/mol. The van der Waals surface area contributed by atoms with Crippen LogP contribution in [0.1, 0.15) is 21.5 Å². The summed E-state index contributed by atoms with van der Waals surface area (Å²) in [5.74, 6) is -1.63. The van der Waals surface area contributed by atoms with E-state index in [4.69, 9.17) is 16.3 Å². The lowest BCUT2D eigenvalue weighted by Gasteiger charge is -2.31. The lowest BCUT2D eigenvalue weighted by molar-refractivity contribution is -0.121. The van der Waals surface area contributed by atoms with Crippen LogP contribution < -0.4 is 4.90 Å². The zero-order valence-corrected chi connectivity index (χ0v) is 15.9. The Morgan fingerprint density at radius 1 is 1.04 bits per heavy atom. The predicted molar refractivity (Wildman–Crippen MR) is 104 cm³/mol. The van der Waals surface area contributed by atoms with Crippen LogP contribution in [0.3, 0.4) is 0 Å². The van der Waals surface area contributed by atoms with Crippen molar-refractivity contribution >= 4 is 35.1 Å². The number of benzene rings is 2. The van der Waals surface area contributed by atoms with Gasteiger partial charge in [0.2, 0.25) is 0 Å². The van der Waals surface area contributed by atoms with E-state index < -0.39 is 17.8 Å². The highest BCUT2D eigenvalue weighted by molar-refractivity contribution is 6.52. The SMILES string of the molecule is COC(=O)c1cccc(N2C(=O)C(Cl)=C(N3CCc4ccccc4C3)C2=O)c1. The van der Waals surface area contributed by atoms with E-state index in [1.807, 2.05) is 23.1 Å². The molecule has 6 nitrogen and oxygen atoms in total. The lowest BCUT2D eigenvalue weighted by atomic mass is 9.99. The van der Waals surface area contributed by atoms with Crippen LogP contribution in [0.5, 0.6) is 0 Å². The minimum Gasteiger partial charge on any atom is -0.465 e. The van der Waals surface area contributed by atoms with Crippen molar-refractivity contribution in [3.8, 4) is 0 Å². The van der Waals surface area contributed by atoms with Gasteiger partial charge in [-0.25, -0.2) is 9.69 Å². The minimum atomic E-state index is -0.595. The number of anilines is 1. The molecule has 2 heterocycles. The van der Waals surface area contributed by atoms with Crippen molar-refractivity contribution in [2.24, 2.45) is 0 Å². The molecule has 0 fully saturated rings. The second-order valence-electron chi connectivity index (χ2n) is 6.59. The second kappa shape index (κ2) is 7.13. The number of amides is 2. The topological polar surface area (TPSA) is 66.9 Å². The molecule has 0 atom stereocenters. The third-order valence-electron chi connectivity index (χ3n) is 4.98. The number of carbonyl (C=O) groups is 3. The largest absolute Gasteiger partial charge is 0.465 e. The maximum atomic E-state index is 13.1. The minimum absolute atomic E-state index is 0.104. The van der Waals surface area contributed by atoms with Gasteiger partial charge in [0.1, 0.15) is 10.7 Å². The third-order valence-corrected chi connectivity index (χ3v) is 5.32. The molecule has 0 unspecified atom stereocenters. The molecule has 142 valence electrons. The Labute approximate surface area is 166 Å². The number of hydrogen-bond acceptors (Lipinski definition) is 5. The Balaban J connectivity index is 1.65. The maximum absolute atomic E-state index is 13.1. The number of ether oxygens (including phenoxy) is 1. The number of halogens is 1. The number of imide groups is 1. The first-order valence-corrected chi connectivity index (χ1v) is 9.17. The van der Waals surface area contributed by atoms with Gasteiger partial charge in [0.25, 0.3) is 11.8 Å². The fourth-order valence-electron chi connectivity index (χ4n) is 3.58. The quantitative estimate of drug-likeness (QED) is 0.589. The summed E-state index contributed by atoms with van der Waals surface area (Å²) in [7, 11) is 1.27. The molecule has 2 aromatic rings. The molecule has 0 radical (unpaired) electrons. The number of esters is 1. The third kappa shape index (κ3) is 2.96. The van der Waals surface area contributed by atoms with Gasteiger partial charge in [-0.2, -0.15) is 0 Å². The Morgan fingerprint density at radius 3 is 2.54 bits per heavy atom. The molecule has 4 rings (SSSR count). The summed E-state index contributed by atoms with van der Waals surface area (Å²) in [4.78, 5) is 40.5. The van der Waals surface area contributed by atoms with E-state index in [9.17, 15) is 14.4 Å². The van der Waals surface area contributed by atoms with Crippen LogP contribution in [0.4, 0.5) is 5.69 Å². The predicted octanol–water partition coefficient (Wildman–Crippen LogP) is 2.86. The van der Waals surface area contributed by atoms with Crippen LogP contribution in [-0.2, 0) is 27.3 Å². The summed E-state index contributed by atoms with van der Waals surface area (Å²) in [5.41, 5.74) is 3.07. The molecule has 2 aromatic carbocycles. The smallest absolute Gasteiger partial charge is 0.337 e. The van der Waals surface area contributed by atoms with Gasteiger partial charge in [-0.1, -0.05) is 41.9 Å². The summed E-state index contributed by atoms with van der Waals surface area (Å²) in [6.45, 7) is 1.11. The number of rotatable bonds is 3. The number of hydrogen-bond donors (Lipinski definition) is 0. The van der Waals surface area contributed by atoms with E-state index >= 15 is 0 Å². The first-order chi connectivity index (χ1) is 13.5. The average molecular weight is 397 g/mol.